The fourth-order valence-electron chi connectivity index (χ4n) is 4.82. The zero-order chi connectivity index (χ0) is 25.9. The maximum Gasteiger partial charge on any atom is 0.471 e. The van der Waals surface area contributed by atoms with Crippen LogP contribution in [0.3, 0.4) is 0 Å². The van der Waals surface area contributed by atoms with Crippen LogP contribution < -0.4 is 15.0 Å². The van der Waals surface area contributed by atoms with Gasteiger partial charge in [-0.2, -0.15) is 13.2 Å². The molecule has 0 bridgehead atoms. The summed E-state index contributed by atoms with van der Waals surface area (Å²) < 4.78 is 45.0. The molecule has 0 saturated carbocycles. The molecule has 0 aromatic heterocycles. The fraction of sp³-hybridized carbons (Fsp3) is 0.462. The minimum Gasteiger partial charge on any atom is -0.489 e. The Morgan fingerprint density at radius 3 is 2.42 bits per heavy atom. The van der Waals surface area contributed by atoms with Crippen molar-refractivity contribution in [3.63, 3.8) is 0 Å². The van der Waals surface area contributed by atoms with Crippen molar-refractivity contribution in [3.05, 3.63) is 53.1 Å². The molecule has 2 fully saturated rings. The number of anilines is 2. The molecule has 2 aromatic carbocycles. The molecule has 2 amide bonds. The van der Waals surface area contributed by atoms with Crippen molar-refractivity contribution in [1.82, 2.24) is 4.90 Å². The number of hydrogen-bond donors (Lipinski definition) is 1. The van der Waals surface area contributed by atoms with E-state index < -0.39 is 24.0 Å². The number of para-hydroxylation sites is 1. The van der Waals surface area contributed by atoms with Gasteiger partial charge in [0.2, 0.25) is 5.91 Å². The van der Waals surface area contributed by atoms with Crippen LogP contribution in [-0.2, 0) is 9.59 Å². The second-order valence-corrected chi connectivity index (χ2v) is 9.64. The van der Waals surface area contributed by atoms with E-state index in [0.29, 0.717) is 34.2 Å². The monoisotopic (exact) mass is 523 g/mol. The number of piperidine rings is 2. The van der Waals surface area contributed by atoms with E-state index in [1.807, 2.05) is 12.1 Å². The number of aryl methyl sites for hydroxylation is 1. The highest BCUT2D eigenvalue weighted by Crippen LogP contribution is 2.32. The van der Waals surface area contributed by atoms with Crippen molar-refractivity contribution in [3.8, 4) is 5.75 Å². The number of hydrogen-bond acceptors (Lipinski definition) is 4. The lowest BCUT2D eigenvalue weighted by Gasteiger charge is -2.35. The van der Waals surface area contributed by atoms with Crippen LogP contribution in [-0.4, -0.2) is 54.7 Å². The molecule has 10 heteroatoms. The maximum absolute atomic E-state index is 13.0. The highest BCUT2D eigenvalue weighted by molar-refractivity contribution is 6.32. The molecule has 2 aliphatic rings. The number of nitrogens with one attached hydrogen (secondary N) is 1. The maximum atomic E-state index is 13.0. The zero-order valence-corrected chi connectivity index (χ0v) is 20.7. The van der Waals surface area contributed by atoms with Gasteiger partial charge in [-0.05, 0) is 56.0 Å². The first kappa shape index (κ1) is 26.1. The Morgan fingerprint density at radius 1 is 1.03 bits per heavy atom. The molecule has 0 radical (unpaired) electrons. The van der Waals surface area contributed by atoms with Gasteiger partial charge in [-0.3, -0.25) is 9.59 Å². The topological polar surface area (TPSA) is 61.9 Å². The first-order valence-corrected chi connectivity index (χ1v) is 12.5. The highest BCUT2D eigenvalue weighted by Gasteiger charge is 2.46. The lowest BCUT2D eigenvalue weighted by molar-refractivity contribution is -0.189. The molecule has 0 aliphatic carbocycles. The number of carbonyl (C=O) groups is 2. The molecule has 0 spiro atoms. The SMILES string of the molecule is Cc1ccccc1N1CCC(Oc2ccc(NC(=O)[C@H]3CCCCN3C(=O)C(F)(F)F)cc2Cl)CC1. The Hall–Kier alpha value is -2.94. The van der Waals surface area contributed by atoms with Crippen molar-refractivity contribution < 1.29 is 27.5 Å². The van der Waals surface area contributed by atoms with E-state index in [2.05, 4.69) is 29.3 Å². The van der Waals surface area contributed by atoms with E-state index >= 15 is 0 Å². The molecule has 2 saturated heterocycles. The molecule has 6 nitrogen and oxygen atoms in total. The predicted molar refractivity (Wildman–Crippen MR) is 133 cm³/mol. The molecule has 2 aromatic rings. The summed E-state index contributed by atoms with van der Waals surface area (Å²) in [4.78, 5) is 27.5. The van der Waals surface area contributed by atoms with E-state index in [4.69, 9.17) is 16.3 Å². The average molecular weight is 524 g/mol. The van der Waals surface area contributed by atoms with Crippen LogP contribution in [0.2, 0.25) is 5.02 Å². The predicted octanol–water partition coefficient (Wildman–Crippen LogP) is 5.58. The summed E-state index contributed by atoms with van der Waals surface area (Å²) in [6.07, 6.45) is -2.21. The second kappa shape index (κ2) is 11.0. The third-order valence-electron chi connectivity index (χ3n) is 6.70. The normalized spacial score (nSPS) is 19.2. The van der Waals surface area contributed by atoms with Crippen LogP contribution in [0.4, 0.5) is 24.5 Å². The number of carbonyl (C=O) groups excluding carboxylic acids is 2. The number of ether oxygens (including phenoxy) is 1. The zero-order valence-electron chi connectivity index (χ0n) is 20.0. The third-order valence-corrected chi connectivity index (χ3v) is 7.00. The van der Waals surface area contributed by atoms with Crippen LogP contribution in [0.25, 0.3) is 0 Å². The molecule has 2 heterocycles. The Kier molecular flexibility index (Phi) is 7.97. The van der Waals surface area contributed by atoms with Crippen molar-refractivity contribution in [1.29, 1.82) is 0 Å². The molecule has 4 rings (SSSR count). The van der Waals surface area contributed by atoms with Crippen molar-refractivity contribution >= 4 is 34.8 Å². The molecule has 2 aliphatic heterocycles. The average Bonchev–Trinajstić information content (AvgIpc) is 2.85. The van der Waals surface area contributed by atoms with Gasteiger partial charge in [-0.1, -0.05) is 29.8 Å². The molecule has 0 unspecified atom stereocenters. The van der Waals surface area contributed by atoms with Gasteiger partial charge < -0.3 is 19.9 Å². The van der Waals surface area contributed by atoms with Gasteiger partial charge in [0, 0.05) is 43.9 Å². The van der Waals surface area contributed by atoms with Gasteiger partial charge in [0.15, 0.2) is 0 Å². The van der Waals surface area contributed by atoms with Crippen molar-refractivity contribution in [2.24, 2.45) is 0 Å². The van der Waals surface area contributed by atoms with E-state index in [9.17, 15) is 22.8 Å². The summed E-state index contributed by atoms with van der Waals surface area (Å²) in [6, 6.07) is 11.8. The van der Waals surface area contributed by atoms with E-state index in [0.717, 1.165) is 25.9 Å². The fourth-order valence-corrected chi connectivity index (χ4v) is 5.05. The lowest BCUT2D eigenvalue weighted by Crippen LogP contribution is -2.53. The minimum absolute atomic E-state index is 0.00705. The molecular weight excluding hydrogens is 495 g/mol. The summed E-state index contributed by atoms with van der Waals surface area (Å²) in [5, 5.41) is 2.89. The molecule has 1 N–H and O–H groups in total. The Labute approximate surface area is 213 Å². The molecule has 194 valence electrons. The number of halogens is 4. The van der Waals surface area contributed by atoms with Crippen LogP contribution in [0.15, 0.2) is 42.5 Å². The lowest BCUT2D eigenvalue weighted by atomic mass is 10.0. The summed E-state index contributed by atoms with van der Waals surface area (Å²) in [6.45, 7) is 3.70. The largest absolute Gasteiger partial charge is 0.489 e. The number of likely N-dealkylation sites (tertiary alicyclic amines) is 1. The molecular formula is C26H29ClF3N3O3. The molecule has 1 atom stereocenters. The van der Waals surface area contributed by atoms with Gasteiger partial charge in [0.25, 0.3) is 0 Å². The van der Waals surface area contributed by atoms with Crippen LogP contribution in [0, 0.1) is 6.92 Å². The Balaban J connectivity index is 1.34. The van der Waals surface area contributed by atoms with Gasteiger partial charge >= 0.3 is 12.1 Å². The minimum atomic E-state index is -5.02. The Morgan fingerprint density at radius 2 is 1.75 bits per heavy atom. The first-order valence-electron chi connectivity index (χ1n) is 12.1. The van der Waals surface area contributed by atoms with E-state index in [-0.39, 0.29) is 19.1 Å². The third kappa shape index (κ3) is 6.06. The number of rotatable bonds is 5. The Bertz CT molecular complexity index is 1100. The first-order chi connectivity index (χ1) is 17.1. The van der Waals surface area contributed by atoms with Crippen LogP contribution in [0.1, 0.15) is 37.7 Å². The van der Waals surface area contributed by atoms with Gasteiger partial charge in [-0.25, -0.2) is 0 Å². The summed E-state index contributed by atoms with van der Waals surface area (Å²) in [5.41, 5.74) is 2.79. The van der Waals surface area contributed by atoms with Gasteiger partial charge in [-0.15, -0.1) is 0 Å². The summed E-state index contributed by atoms with van der Waals surface area (Å²) >= 11 is 6.40. The van der Waals surface area contributed by atoms with Gasteiger partial charge in [0.1, 0.15) is 17.9 Å². The van der Waals surface area contributed by atoms with Crippen molar-refractivity contribution in [2.45, 2.75) is 57.3 Å². The van der Waals surface area contributed by atoms with Crippen LogP contribution in [0.5, 0.6) is 5.75 Å². The number of alkyl halides is 3. The smallest absolute Gasteiger partial charge is 0.471 e. The van der Waals surface area contributed by atoms with E-state index in [1.165, 1.54) is 17.3 Å². The second-order valence-electron chi connectivity index (χ2n) is 9.23. The van der Waals surface area contributed by atoms with Crippen LogP contribution >= 0.6 is 11.6 Å². The van der Waals surface area contributed by atoms with Gasteiger partial charge in [0.05, 0.1) is 5.02 Å². The van der Waals surface area contributed by atoms with Crippen molar-refractivity contribution in [2.75, 3.05) is 29.9 Å². The quantitative estimate of drug-likeness (QED) is 0.556. The van der Waals surface area contributed by atoms with E-state index in [1.54, 1.807) is 12.1 Å². The summed E-state index contributed by atoms with van der Waals surface area (Å²) in [7, 11) is 0. The number of benzene rings is 2. The highest BCUT2D eigenvalue weighted by atomic mass is 35.5. The number of amides is 2. The standard InChI is InChI=1S/C26H29ClF3N3O3/c1-17-6-2-3-7-21(17)32-14-11-19(12-15-32)36-23-10-9-18(16-20(23)27)31-24(34)22-8-4-5-13-33(22)25(35)26(28,29)30/h2-3,6-7,9-10,16,19,22H,4-5,8,11-15H2,1H3,(H,31,34)/t22-/m1/s1. The molecule has 36 heavy (non-hydrogen) atoms. The number of nitrogens with zero attached hydrogens (tertiary/aromatic N) is 2. The summed E-state index contributed by atoms with van der Waals surface area (Å²) in [5.74, 6) is -2.17.